The molecule has 4 rings (SSSR count). The van der Waals surface area contributed by atoms with Gasteiger partial charge in [-0.3, -0.25) is 0 Å². The van der Waals surface area contributed by atoms with Gasteiger partial charge >= 0.3 is 0 Å². The van der Waals surface area contributed by atoms with Gasteiger partial charge < -0.3 is 9.88 Å². The van der Waals surface area contributed by atoms with Crippen LogP contribution in [0, 0.1) is 6.92 Å². The maximum atomic E-state index is 6.30. The van der Waals surface area contributed by atoms with Crippen molar-refractivity contribution in [1.82, 2.24) is 19.5 Å². The monoisotopic (exact) mass is 397 g/mol. The largest absolute Gasteiger partial charge is 0.364 e. The Balaban J connectivity index is 1.59. The standard InChI is InChI=1S/C20H17Cl2N5/c1-13-5-7-14(8-6-13)9-23-19-18-20(25-11-24-18)27(12-26-19)10-15-16(21)3-2-4-17(15)22/h2-8,11-12,23H,9-10H2,1H3. The lowest BCUT2D eigenvalue weighted by Crippen LogP contribution is -2.11. The predicted octanol–water partition coefficient (Wildman–Crippen LogP) is 5.05. The van der Waals surface area contributed by atoms with Crippen molar-refractivity contribution in [3.05, 3.63) is 81.9 Å². The normalized spacial score (nSPS) is 11.1. The van der Waals surface area contributed by atoms with E-state index in [9.17, 15) is 0 Å². The first-order valence-electron chi connectivity index (χ1n) is 8.50. The highest BCUT2D eigenvalue weighted by atomic mass is 35.5. The van der Waals surface area contributed by atoms with Crippen LogP contribution in [0.25, 0.3) is 11.5 Å². The van der Waals surface area contributed by atoms with Crippen molar-refractivity contribution in [1.29, 1.82) is 0 Å². The molecule has 0 saturated heterocycles. The second-order valence-electron chi connectivity index (χ2n) is 6.31. The number of halogens is 2. The van der Waals surface area contributed by atoms with Crippen molar-refractivity contribution in [3.63, 3.8) is 0 Å². The molecule has 136 valence electrons. The molecule has 0 unspecified atom stereocenters. The molecule has 0 saturated carbocycles. The predicted molar refractivity (Wildman–Crippen MR) is 109 cm³/mol. The van der Waals surface area contributed by atoms with Crippen molar-refractivity contribution in [2.75, 3.05) is 5.32 Å². The molecule has 0 fully saturated rings. The van der Waals surface area contributed by atoms with Gasteiger partial charge in [0.1, 0.15) is 6.33 Å². The number of rotatable bonds is 5. The van der Waals surface area contributed by atoms with Crippen LogP contribution < -0.4 is 5.32 Å². The Morgan fingerprint density at radius 3 is 2.44 bits per heavy atom. The van der Waals surface area contributed by atoms with Gasteiger partial charge in [0.05, 0.1) is 12.9 Å². The lowest BCUT2D eigenvalue weighted by molar-refractivity contribution is 0.761. The molecule has 7 heteroatoms. The quantitative estimate of drug-likeness (QED) is 0.511. The summed E-state index contributed by atoms with van der Waals surface area (Å²) in [6.07, 6.45) is 3.27. The molecule has 2 aromatic carbocycles. The fraction of sp³-hybridized carbons (Fsp3) is 0.150. The molecule has 2 aliphatic heterocycles. The number of aryl methyl sites for hydroxylation is 1. The van der Waals surface area contributed by atoms with E-state index in [-0.39, 0.29) is 0 Å². The summed E-state index contributed by atoms with van der Waals surface area (Å²) in [5.74, 6) is 1.43. The molecular formula is C20H17Cl2N5. The van der Waals surface area contributed by atoms with Crippen LogP contribution in [0.1, 0.15) is 16.7 Å². The number of imidazole rings is 1. The van der Waals surface area contributed by atoms with Crippen LogP contribution in [0.15, 0.2) is 55.1 Å². The number of hydrogen-bond donors (Lipinski definition) is 1. The van der Waals surface area contributed by atoms with Crippen molar-refractivity contribution < 1.29 is 0 Å². The molecule has 0 spiro atoms. The summed E-state index contributed by atoms with van der Waals surface area (Å²) in [6, 6.07) is 13.8. The molecule has 0 aliphatic carbocycles. The van der Waals surface area contributed by atoms with E-state index in [1.54, 1.807) is 6.33 Å². The second kappa shape index (κ2) is 7.55. The fourth-order valence-corrected chi connectivity index (χ4v) is 3.39. The molecule has 0 radical (unpaired) electrons. The molecule has 0 atom stereocenters. The van der Waals surface area contributed by atoms with Crippen LogP contribution in [-0.4, -0.2) is 19.5 Å². The lowest BCUT2D eigenvalue weighted by atomic mass is 10.1. The zero-order chi connectivity index (χ0) is 18.8. The average Bonchev–Trinajstić information content (AvgIpc) is 3.15. The van der Waals surface area contributed by atoms with Gasteiger partial charge in [0, 0.05) is 22.2 Å². The van der Waals surface area contributed by atoms with Crippen LogP contribution in [-0.2, 0) is 13.1 Å². The maximum absolute atomic E-state index is 6.30. The van der Waals surface area contributed by atoms with Crippen LogP contribution in [0.2, 0.25) is 10.0 Å². The molecule has 2 aromatic rings. The Bertz CT molecular complexity index is 1020. The summed E-state index contributed by atoms with van der Waals surface area (Å²) in [6.45, 7) is 3.21. The second-order valence-corrected chi connectivity index (χ2v) is 7.12. The fourth-order valence-electron chi connectivity index (χ4n) is 2.87. The number of anilines is 1. The summed E-state index contributed by atoms with van der Waals surface area (Å²) < 4.78 is 1.90. The van der Waals surface area contributed by atoms with E-state index in [0.29, 0.717) is 34.6 Å². The van der Waals surface area contributed by atoms with Gasteiger partial charge in [0.25, 0.3) is 0 Å². The molecule has 2 aliphatic rings. The van der Waals surface area contributed by atoms with E-state index >= 15 is 0 Å². The van der Waals surface area contributed by atoms with Crippen molar-refractivity contribution in [2.24, 2.45) is 0 Å². The first kappa shape index (κ1) is 17.8. The Morgan fingerprint density at radius 1 is 0.963 bits per heavy atom. The third kappa shape index (κ3) is 3.75. The Morgan fingerprint density at radius 2 is 1.70 bits per heavy atom. The number of aromatic nitrogens is 4. The molecule has 1 N–H and O–H groups in total. The molecule has 2 heterocycles. The zero-order valence-corrected chi connectivity index (χ0v) is 16.2. The van der Waals surface area contributed by atoms with Gasteiger partial charge in [-0.1, -0.05) is 59.1 Å². The molecule has 5 nitrogen and oxygen atoms in total. The van der Waals surface area contributed by atoms with Gasteiger partial charge in [-0.05, 0) is 24.6 Å². The highest BCUT2D eigenvalue weighted by Crippen LogP contribution is 2.29. The Labute approximate surface area is 167 Å². The Hall–Kier alpha value is -2.63. The topological polar surface area (TPSA) is 55.6 Å². The molecule has 0 bridgehead atoms. The van der Waals surface area contributed by atoms with E-state index in [1.165, 1.54) is 17.5 Å². The lowest BCUT2D eigenvalue weighted by Gasteiger charge is -2.15. The number of hydrogen-bond acceptors (Lipinski definition) is 4. The smallest absolute Gasteiger partial charge is 0.165 e. The van der Waals surface area contributed by atoms with E-state index in [4.69, 9.17) is 23.2 Å². The first-order chi connectivity index (χ1) is 13.1. The number of nitrogens with zero attached hydrogens (tertiary/aromatic N) is 4. The van der Waals surface area contributed by atoms with Crippen molar-refractivity contribution in [3.8, 4) is 11.5 Å². The minimum absolute atomic E-state index is 0.471. The summed E-state index contributed by atoms with van der Waals surface area (Å²) >= 11 is 12.6. The zero-order valence-electron chi connectivity index (χ0n) is 14.7. The van der Waals surface area contributed by atoms with E-state index in [1.807, 2.05) is 22.8 Å². The van der Waals surface area contributed by atoms with Crippen molar-refractivity contribution >= 4 is 29.0 Å². The van der Waals surface area contributed by atoms with Gasteiger partial charge in [0.2, 0.25) is 0 Å². The molecule has 27 heavy (non-hydrogen) atoms. The highest BCUT2D eigenvalue weighted by molar-refractivity contribution is 6.35. The van der Waals surface area contributed by atoms with Crippen LogP contribution in [0.3, 0.4) is 0 Å². The number of nitrogens with one attached hydrogen (secondary N) is 1. The van der Waals surface area contributed by atoms with E-state index in [0.717, 1.165) is 11.4 Å². The summed E-state index contributed by atoms with van der Waals surface area (Å²) in [5.41, 5.74) is 3.96. The average molecular weight is 398 g/mol. The van der Waals surface area contributed by atoms with Gasteiger partial charge in [-0.15, -0.1) is 0 Å². The van der Waals surface area contributed by atoms with Crippen LogP contribution >= 0.6 is 23.2 Å². The third-order valence-corrected chi connectivity index (χ3v) is 5.08. The Kier molecular flexibility index (Phi) is 4.97. The minimum atomic E-state index is 0.471. The SMILES string of the molecule is Cc1ccc(CNc2ncn(Cc3c(Cl)cccc3Cl)c3ncnc2-3)cc1. The van der Waals surface area contributed by atoms with Crippen LogP contribution in [0.4, 0.5) is 5.82 Å². The summed E-state index contributed by atoms with van der Waals surface area (Å²) in [4.78, 5) is 13.3. The number of benzene rings is 2. The number of fused-ring (bicyclic) bond motifs is 1. The summed E-state index contributed by atoms with van der Waals surface area (Å²) in [7, 11) is 0. The van der Waals surface area contributed by atoms with E-state index in [2.05, 4.69) is 51.5 Å². The first-order valence-corrected chi connectivity index (χ1v) is 9.25. The maximum Gasteiger partial charge on any atom is 0.165 e. The van der Waals surface area contributed by atoms with Crippen molar-refractivity contribution in [2.45, 2.75) is 20.0 Å². The van der Waals surface area contributed by atoms with Gasteiger partial charge in [0.15, 0.2) is 17.3 Å². The highest BCUT2D eigenvalue weighted by Gasteiger charge is 2.18. The van der Waals surface area contributed by atoms with E-state index < -0.39 is 0 Å². The third-order valence-electron chi connectivity index (χ3n) is 4.37. The van der Waals surface area contributed by atoms with Crippen LogP contribution in [0.5, 0.6) is 0 Å². The molecule has 0 aromatic heterocycles. The van der Waals surface area contributed by atoms with Gasteiger partial charge in [-0.2, -0.15) is 0 Å². The molecule has 0 amide bonds. The summed E-state index contributed by atoms with van der Waals surface area (Å²) in [5, 5.41) is 4.57. The minimum Gasteiger partial charge on any atom is -0.364 e. The van der Waals surface area contributed by atoms with Gasteiger partial charge in [-0.25, -0.2) is 15.0 Å². The molecular weight excluding hydrogens is 381 g/mol.